The summed E-state index contributed by atoms with van der Waals surface area (Å²) in [6, 6.07) is 3.28. The maximum Gasteiger partial charge on any atom is 0.255 e. The molecule has 1 aliphatic rings. The largest absolute Gasteiger partial charge is 0.345 e. The second-order valence-corrected chi connectivity index (χ2v) is 7.80. The Morgan fingerprint density at radius 2 is 2.04 bits per heavy atom. The summed E-state index contributed by atoms with van der Waals surface area (Å²) in [6.07, 6.45) is 2.66. The predicted octanol–water partition coefficient (Wildman–Crippen LogP) is 2.75. The van der Waals surface area contributed by atoms with Crippen LogP contribution in [0.5, 0.6) is 0 Å². The van der Waals surface area contributed by atoms with Crippen LogP contribution in [0.2, 0.25) is 0 Å². The number of nitrogens with zero attached hydrogens (tertiary/aromatic N) is 2. The van der Waals surface area contributed by atoms with Gasteiger partial charge in [-0.1, -0.05) is 0 Å². The quantitative estimate of drug-likeness (QED) is 0.881. The third kappa shape index (κ3) is 3.25. The predicted molar refractivity (Wildman–Crippen MR) is 96.9 cm³/mol. The van der Waals surface area contributed by atoms with Crippen LogP contribution in [-0.2, 0) is 12.0 Å². The number of aromatic amines is 1. The van der Waals surface area contributed by atoms with Gasteiger partial charge in [-0.15, -0.1) is 0 Å². The molecule has 25 heavy (non-hydrogen) atoms. The van der Waals surface area contributed by atoms with Crippen LogP contribution in [0.15, 0.2) is 16.9 Å². The lowest BCUT2D eigenvalue weighted by molar-refractivity contribution is 0.0931. The van der Waals surface area contributed by atoms with Gasteiger partial charge >= 0.3 is 0 Å². The van der Waals surface area contributed by atoms with E-state index in [0.717, 1.165) is 41.9 Å². The molecular formula is C19H26N4O2. The van der Waals surface area contributed by atoms with Crippen molar-refractivity contribution in [1.29, 1.82) is 0 Å². The molecule has 2 aromatic rings. The molecule has 0 bridgehead atoms. The molecule has 0 saturated heterocycles. The van der Waals surface area contributed by atoms with Crippen LogP contribution >= 0.6 is 0 Å². The van der Waals surface area contributed by atoms with Gasteiger partial charge in [-0.3, -0.25) is 14.3 Å². The molecule has 0 radical (unpaired) electrons. The Kier molecular flexibility index (Phi) is 4.31. The summed E-state index contributed by atoms with van der Waals surface area (Å²) in [4.78, 5) is 27.4. The van der Waals surface area contributed by atoms with Crippen molar-refractivity contribution in [3.05, 3.63) is 50.7 Å². The van der Waals surface area contributed by atoms with E-state index in [1.807, 2.05) is 24.6 Å². The SMILES string of the molecule is Cc1nn(C(C)(C)C)c(C)c1C(=O)N[C@@H]1CCCc2[nH]c(=O)ccc21. The molecule has 0 aromatic carbocycles. The minimum Gasteiger partial charge on any atom is -0.345 e. The fourth-order valence-corrected chi connectivity index (χ4v) is 3.71. The lowest BCUT2D eigenvalue weighted by atomic mass is 9.91. The molecule has 2 aromatic heterocycles. The van der Waals surface area contributed by atoms with E-state index in [-0.39, 0.29) is 23.0 Å². The van der Waals surface area contributed by atoms with E-state index in [1.54, 1.807) is 0 Å². The van der Waals surface area contributed by atoms with Crippen LogP contribution in [0.3, 0.4) is 0 Å². The lowest BCUT2D eigenvalue weighted by Gasteiger charge is -2.26. The van der Waals surface area contributed by atoms with Crippen molar-refractivity contribution in [3.8, 4) is 0 Å². The number of nitrogens with one attached hydrogen (secondary N) is 2. The molecule has 1 atom stereocenters. The zero-order chi connectivity index (χ0) is 18.4. The second kappa shape index (κ2) is 6.17. The number of rotatable bonds is 2. The monoisotopic (exact) mass is 342 g/mol. The zero-order valence-electron chi connectivity index (χ0n) is 15.6. The van der Waals surface area contributed by atoms with E-state index < -0.39 is 0 Å². The van der Waals surface area contributed by atoms with E-state index in [0.29, 0.717) is 5.56 Å². The zero-order valence-corrected chi connectivity index (χ0v) is 15.6. The van der Waals surface area contributed by atoms with Crippen LogP contribution < -0.4 is 10.9 Å². The molecule has 2 N–H and O–H groups in total. The Hall–Kier alpha value is -2.37. The summed E-state index contributed by atoms with van der Waals surface area (Å²) >= 11 is 0. The highest BCUT2D eigenvalue weighted by molar-refractivity contribution is 5.96. The fourth-order valence-electron chi connectivity index (χ4n) is 3.71. The van der Waals surface area contributed by atoms with E-state index in [1.165, 1.54) is 6.07 Å². The molecule has 3 rings (SSSR count). The number of amides is 1. The van der Waals surface area contributed by atoms with Gasteiger partial charge in [0, 0.05) is 17.5 Å². The molecular weight excluding hydrogens is 316 g/mol. The van der Waals surface area contributed by atoms with Crippen molar-refractivity contribution in [2.75, 3.05) is 0 Å². The summed E-state index contributed by atoms with van der Waals surface area (Å²) in [6.45, 7) is 10.0. The molecule has 0 fully saturated rings. The number of carbonyl (C=O) groups excluding carboxylic acids is 1. The van der Waals surface area contributed by atoms with E-state index in [4.69, 9.17) is 0 Å². The Bertz CT molecular complexity index is 871. The highest BCUT2D eigenvalue weighted by atomic mass is 16.1. The summed E-state index contributed by atoms with van der Waals surface area (Å²) < 4.78 is 1.91. The van der Waals surface area contributed by atoms with Crippen molar-refractivity contribution < 1.29 is 4.79 Å². The lowest BCUT2D eigenvalue weighted by Crippen LogP contribution is -2.33. The molecule has 134 valence electrons. The summed E-state index contributed by atoms with van der Waals surface area (Å²) in [7, 11) is 0. The van der Waals surface area contributed by atoms with Gasteiger partial charge in [-0.05, 0) is 65.5 Å². The van der Waals surface area contributed by atoms with Gasteiger partial charge in [0.25, 0.3) is 5.91 Å². The summed E-state index contributed by atoms with van der Waals surface area (Å²) in [5, 5.41) is 7.70. The Balaban J connectivity index is 1.90. The number of aromatic nitrogens is 3. The van der Waals surface area contributed by atoms with Crippen molar-refractivity contribution in [2.45, 2.75) is 65.5 Å². The number of fused-ring (bicyclic) bond motifs is 1. The van der Waals surface area contributed by atoms with Gasteiger partial charge in [0.05, 0.1) is 22.8 Å². The smallest absolute Gasteiger partial charge is 0.255 e. The van der Waals surface area contributed by atoms with Crippen molar-refractivity contribution >= 4 is 5.91 Å². The molecule has 6 nitrogen and oxygen atoms in total. The number of carbonyl (C=O) groups is 1. The third-order valence-corrected chi connectivity index (χ3v) is 4.79. The first kappa shape index (κ1) is 17.5. The molecule has 0 aliphatic heterocycles. The second-order valence-electron chi connectivity index (χ2n) is 7.80. The Morgan fingerprint density at radius 1 is 1.32 bits per heavy atom. The first-order valence-corrected chi connectivity index (χ1v) is 8.78. The molecule has 6 heteroatoms. The average molecular weight is 342 g/mol. The highest BCUT2D eigenvalue weighted by Gasteiger charge is 2.28. The van der Waals surface area contributed by atoms with Gasteiger partial charge in [0.2, 0.25) is 5.56 Å². The van der Waals surface area contributed by atoms with Crippen molar-refractivity contribution in [3.63, 3.8) is 0 Å². The average Bonchev–Trinajstić information content (AvgIpc) is 2.82. The van der Waals surface area contributed by atoms with Gasteiger partial charge in [-0.2, -0.15) is 5.10 Å². The number of hydrogen-bond acceptors (Lipinski definition) is 3. The van der Waals surface area contributed by atoms with Gasteiger partial charge < -0.3 is 10.3 Å². The van der Waals surface area contributed by atoms with Crippen molar-refractivity contribution in [1.82, 2.24) is 20.1 Å². The number of hydrogen-bond donors (Lipinski definition) is 2. The van der Waals surface area contributed by atoms with Gasteiger partial charge in [0.15, 0.2) is 0 Å². The molecule has 1 amide bonds. The molecule has 1 aliphatic carbocycles. The molecule has 0 saturated carbocycles. The standard InChI is InChI=1S/C19H26N4O2/c1-11-17(12(2)23(22-11)19(3,4)5)18(25)21-15-8-6-7-14-13(15)9-10-16(24)20-14/h9-10,15H,6-8H2,1-5H3,(H,20,24)(H,21,25)/t15-/m1/s1. The topological polar surface area (TPSA) is 79.8 Å². The fraction of sp³-hybridized carbons (Fsp3) is 0.526. The number of pyridine rings is 1. The minimum absolute atomic E-state index is 0.0788. The highest BCUT2D eigenvalue weighted by Crippen LogP contribution is 2.28. The maximum absolute atomic E-state index is 12.9. The van der Waals surface area contributed by atoms with Crippen LogP contribution in [-0.4, -0.2) is 20.7 Å². The van der Waals surface area contributed by atoms with Crippen LogP contribution in [0.25, 0.3) is 0 Å². The Morgan fingerprint density at radius 3 is 2.68 bits per heavy atom. The molecule has 0 unspecified atom stereocenters. The van der Waals surface area contributed by atoms with Gasteiger partial charge in [0.1, 0.15) is 0 Å². The first-order valence-electron chi connectivity index (χ1n) is 8.78. The molecule has 2 heterocycles. The van der Waals surface area contributed by atoms with Crippen LogP contribution in [0, 0.1) is 13.8 Å². The van der Waals surface area contributed by atoms with Crippen LogP contribution in [0.1, 0.15) is 72.7 Å². The Labute approximate surface area is 147 Å². The summed E-state index contributed by atoms with van der Waals surface area (Å²) in [5.41, 5.74) is 3.93. The van der Waals surface area contributed by atoms with E-state index >= 15 is 0 Å². The minimum atomic E-state index is -0.176. The third-order valence-electron chi connectivity index (χ3n) is 4.79. The van der Waals surface area contributed by atoms with Gasteiger partial charge in [-0.25, -0.2) is 0 Å². The maximum atomic E-state index is 12.9. The van der Waals surface area contributed by atoms with Crippen LogP contribution in [0.4, 0.5) is 0 Å². The summed E-state index contributed by atoms with van der Waals surface area (Å²) in [5.74, 6) is -0.102. The van der Waals surface area contributed by atoms with Crippen molar-refractivity contribution in [2.24, 2.45) is 0 Å². The number of H-pyrrole nitrogens is 1. The molecule has 0 spiro atoms. The van der Waals surface area contributed by atoms with E-state index in [2.05, 4.69) is 36.2 Å². The first-order chi connectivity index (χ1) is 11.7. The number of aryl methyl sites for hydroxylation is 2. The normalized spacial score (nSPS) is 17.2. The van der Waals surface area contributed by atoms with E-state index in [9.17, 15) is 9.59 Å².